The maximum Gasteiger partial charge on any atom is 0.0894 e. The van der Waals surface area contributed by atoms with E-state index in [1.807, 2.05) is 0 Å². The third-order valence-electron chi connectivity index (χ3n) is 2.52. The number of hydrogen-bond acceptors (Lipinski definition) is 3. The van der Waals surface area contributed by atoms with Gasteiger partial charge in [0.05, 0.1) is 12.7 Å². The van der Waals surface area contributed by atoms with E-state index < -0.39 is 6.10 Å². The third kappa shape index (κ3) is 6.02. The van der Waals surface area contributed by atoms with Crippen molar-refractivity contribution in [2.24, 2.45) is 11.3 Å². The highest BCUT2D eigenvalue weighted by Gasteiger charge is 2.19. The van der Waals surface area contributed by atoms with Gasteiger partial charge in [-0.3, -0.25) is 0 Å². The molecule has 0 fully saturated rings. The van der Waals surface area contributed by atoms with Crippen LogP contribution in [0.3, 0.4) is 0 Å². The average molecular weight is 189 g/mol. The standard InChI is InChI=1S/C10H23NO2/c1-8(10(2,3)4)5-11-6-9(13)7-12/h8-9,11-13H,5-7H2,1-4H3. The van der Waals surface area contributed by atoms with Crippen LogP contribution in [0.5, 0.6) is 0 Å². The summed E-state index contributed by atoms with van der Waals surface area (Å²) in [5.74, 6) is 0.554. The van der Waals surface area contributed by atoms with Gasteiger partial charge >= 0.3 is 0 Å². The maximum absolute atomic E-state index is 9.06. The fourth-order valence-corrected chi connectivity index (χ4v) is 0.837. The lowest BCUT2D eigenvalue weighted by molar-refractivity contribution is 0.0919. The van der Waals surface area contributed by atoms with Crippen molar-refractivity contribution in [1.29, 1.82) is 0 Å². The van der Waals surface area contributed by atoms with Gasteiger partial charge in [0.2, 0.25) is 0 Å². The molecule has 3 nitrogen and oxygen atoms in total. The minimum Gasteiger partial charge on any atom is -0.394 e. The number of aliphatic hydroxyl groups is 2. The zero-order valence-electron chi connectivity index (χ0n) is 9.17. The molecule has 13 heavy (non-hydrogen) atoms. The van der Waals surface area contributed by atoms with E-state index in [1.165, 1.54) is 0 Å². The van der Waals surface area contributed by atoms with E-state index in [2.05, 4.69) is 33.0 Å². The van der Waals surface area contributed by atoms with Crippen LogP contribution in [0.2, 0.25) is 0 Å². The van der Waals surface area contributed by atoms with Crippen molar-refractivity contribution in [2.75, 3.05) is 19.7 Å². The van der Waals surface area contributed by atoms with E-state index in [1.54, 1.807) is 0 Å². The molecule has 0 rings (SSSR count). The first kappa shape index (κ1) is 12.9. The first-order valence-electron chi connectivity index (χ1n) is 4.87. The van der Waals surface area contributed by atoms with Crippen molar-refractivity contribution < 1.29 is 10.2 Å². The van der Waals surface area contributed by atoms with E-state index >= 15 is 0 Å². The second-order valence-electron chi connectivity index (χ2n) is 4.76. The fourth-order valence-electron chi connectivity index (χ4n) is 0.837. The van der Waals surface area contributed by atoms with E-state index in [9.17, 15) is 0 Å². The van der Waals surface area contributed by atoms with Gasteiger partial charge in [0.1, 0.15) is 0 Å². The van der Waals surface area contributed by atoms with Crippen LogP contribution in [0, 0.1) is 11.3 Å². The Kier molecular flexibility index (Phi) is 5.53. The summed E-state index contributed by atoms with van der Waals surface area (Å²) in [7, 11) is 0. The highest BCUT2D eigenvalue weighted by atomic mass is 16.3. The molecule has 0 heterocycles. The van der Waals surface area contributed by atoms with Gasteiger partial charge < -0.3 is 15.5 Å². The van der Waals surface area contributed by atoms with Crippen LogP contribution >= 0.6 is 0 Å². The highest BCUT2D eigenvalue weighted by Crippen LogP contribution is 2.24. The minimum absolute atomic E-state index is 0.170. The lowest BCUT2D eigenvalue weighted by atomic mass is 9.82. The van der Waals surface area contributed by atoms with Gasteiger partial charge in [-0.1, -0.05) is 27.7 Å². The van der Waals surface area contributed by atoms with Crippen LogP contribution in [0.1, 0.15) is 27.7 Å². The Hall–Kier alpha value is -0.120. The summed E-state index contributed by atoms with van der Waals surface area (Å²) in [6.07, 6.45) is -0.632. The second kappa shape index (κ2) is 5.58. The Balaban J connectivity index is 3.54. The number of rotatable bonds is 5. The Labute approximate surface area is 81.2 Å². The quantitative estimate of drug-likeness (QED) is 0.594. The van der Waals surface area contributed by atoms with Gasteiger partial charge in [-0.2, -0.15) is 0 Å². The predicted octanol–water partition coefficient (Wildman–Crippen LogP) is 0.611. The summed E-state index contributed by atoms with van der Waals surface area (Å²) < 4.78 is 0. The number of hydrogen-bond donors (Lipinski definition) is 3. The maximum atomic E-state index is 9.06. The molecule has 0 saturated carbocycles. The predicted molar refractivity (Wildman–Crippen MR) is 54.6 cm³/mol. The van der Waals surface area contributed by atoms with Gasteiger partial charge in [0.25, 0.3) is 0 Å². The summed E-state index contributed by atoms with van der Waals surface area (Å²) in [6, 6.07) is 0. The second-order valence-corrected chi connectivity index (χ2v) is 4.76. The largest absolute Gasteiger partial charge is 0.394 e. The van der Waals surface area contributed by atoms with E-state index in [0.29, 0.717) is 12.5 Å². The Morgan fingerprint density at radius 2 is 1.77 bits per heavy atom. The van der Waals surface area contributed by atoms with Crippen LogP contribution in [-0.4, -0.2) is 36.0 Å². The summed E-state index contributed by atoms with van der Waals surface area (Å²) in [5, 5.41) is 20.8. The molecule has 80 valence electrons. The molecule has 0 aromatic heterocycles. The highest BCUT2D eigenvalue weighted by molar-refractivity contribution is 4.72. The molecule has 0 aliphatic heterocycles. The zero-order valence-corrected chi connectivity index (χ0v) is 9.17. The van der Waals surface area contributed by atoms with Crippen LogP contribution in [0.4, 0.5) is 0 Å². The molecule has 0 aromatic rings. The lowest BCUT2D eigenvalue weighted by Crippen LogP contribution is -2.35. The van der Waals surface area contributed by atoms with Gasteiger partial charge in [-0.05, 0) is 17.9 Å². The smallest absolute Gasteiger partial charge is 0.0894 e. The van der Waals surface area contributed by atoms with Crippen molar-refractivity contribution in [3.8, 4) is 0 Å². The lowest BCUT2D eigenvalue weighted by Gasteiger charge is -2.27. The Morgan fingerprint density at radius 3 is 2.15 bits per heavy atom. The molecule has 2 atom stereocenters. The van der Waals surface area contributed by atoms with Gasteiger partial charge in [-0.25, -0.2) is 0 Å². The molecule has 3 N–H and O–H groups in total. The molecule has 2 unspecified atom stereocenters. The minimum atomic E-state index is -0.632. The molecule has 3 heteroatoms. The molecule has 0 aliphatic carbocycles. The topological polar surface area (TPSA) is 52.5 Å². The SMILES string of the molecule is CC(CNCC(O)CO)C(C)(C)C. The van der Waals surface area contributed by atoms with Crippen LogP contribution in [0.15, 0.2) is 0 Å². The first-order chi connectivity index (χ1) is 5.88. The van der Waals surface area contributed by atoms with Crippen LogP contribution in [-0.2, 0) is 0 Å². The molecule has 0 spiro atoms. The molecule has 0 radical (unpaired) electrons. The van der Waals surface area contributed by atoms with Gasteiger partial charge in [0.15, 0.2) is 0 Å². The average Bonchev–Trinajstić information content (AvgIpc) is 2.02. The van der Waals surface area contributed by atoms with E-state index in [-0.39, 0.29) is 12.0 Å². The molecule has 0 aliphatic rings. The molecular formula is C10H23NO2. The Bertz CT molecular complexity index is 131. The normalized spacial score (nSPS) is 17.1. The summed E-state index contributed by atoms with van der Waals surface area (Å²) in [4.78, 5) is 0. The van der Waals surface area contributed by atoms with Crippen LogP contribution < -0.4 is 5.32 Å². The monoisotopic (exact) mass is 189 g/mol. The molecule has 0 aromatic carbocycles. The van der Waals surface area contributed by atoms with E-state index in [0.717, 1.165) is 6.54 Å². The van der Waals surface area contributed by atoms with Crippen molar-refractivity contribution >= 4 is 0 Å². The van der Waals surface area contributed by atoms with Crippen molar-refractivity contribution in [3.05, 3.63) is 0 Å². The van der Waals surface area contributed by atoms with Gasteiger partial charge in [0, 0.05) is 6.54 Å². The zero-order chi connectivity index (χ0) is 10.5. The summed E-state index contributed by atoms with van der Waals surface area (Å²) in [6.45, 7) is 9.94. The fraction of sp³-hybridized carbons (Fsp3) is 1.00. The first-order valence-corrected chi connectivity index (χ1v) is 4.87. The summed E-state index contributed by atoms with van der Waals surface area (Å²) in [5.41, 5.74) is 0.289. The van der Waals surface area contributed by atoms with Gasteiger partial charge in [-0.15, -0.1) is 0 Å². The third-order valence-corrected chi connectivity index (χ3v) is 2.52. The molecular weight excluding hydrogens is 166 g/mol. The van der Waals surface area contributed by atoms with Crippen molar-refractivity contribution in [3.63, 3.8) is 0 Å². The molecule has 0 bridgehead atoms. The van der Waals surface area contributed by atoms with Crippen molar-refractivity contribution in [1.82, 2.24) is 5.32 Å². The molecule has 0 amide bonds. The number of nitrogens with one attached hydrogen (secondary N) is 1. The van der Waals surface area contributed by atoms with Crippen molar-refractivity contribution in [2.45, 2.75) is 33.8 Å². The van der Waals surface area contributed by atoms with E-state index in [4.69, 9.17) is 10.2 Å². The summed E-state index contributed by atoms with van der Waals surface area (Å²) >= 11 is 0. The molecule has 0 saturated heterocycles. The van der Waals surface area contributed by atoms with Crippen LogP contribution in [0.25, 0.3) is 0 Å². The number of aliphatic hydroxyl groups excluding tert-OH is 2. The Morgan fingerprint density at radius 1 is 1.23 bits per heavy atom.